The summed E-state index contributed by atoms with van der Waals surface area (Å²) in [5, 5.41) is 2.62. The van der Waals surface area contributed by atoms with Crippen molar-refractivity contribution in [2.45, 2.75) is 13.0 Å². The molecule has 16 heavy (non-hydrogen) atoms. The average Bonchev–Trinajstić information content (AvgIpc) is 2.28. The maximum absolute atomic E-state index is 11.5. The second-order valence-corrected chi connectivity index (χ2v) is 4.91. The first-order valence-electron chi connectivity index (χ1n) is 5.28. The molecule has 1 atom stereocenters. The Morgan fingerprint density at radius 2 is 2.06 bits per heavy atom. The molecule has 1 amide bonds. The van der Waals surface area contributed by atoms with E-state index in [4.69, 9.17) is 0 Å². The highest BCUT2D eigenvalue weighted by atomic mass is 32.2. The van der Waals surface area contributed by atoms with Crippen molar-refractivity contribution >= 4 is 23.6 Å². The molecule has 0 bridgehead atoms. The third kappa shape index (κ3) is 4.40. The molecule has 1 unspecified atom stereocenters. The summed E-state index contributed by atoms with van der Waals surface area (Å²) in [6.45, 7) is 3.85. The second kappa shape index (κ2) is 6.75. The fraction of sp³-hybridized carbons (Fsp3) is 0.800. The van der Waals surface area contributed by atoms with Crippen molar-refractivity contribution in [2.75, 3.05) is 38.2 Å². The highest BCUT2D eigenvalue weighted by Gasteiger charge is 2.24. The van der Waals surface area contributed by atoms with Crippen LogP contribution >= 0.6 is 11.8 Å². The summed E-state index contributed by atoms with van der Waals surface area (Å²) in [6.07, 6.45) is 0. The number of carbonyl (C=O) groups excluding carboxylic acids is 2. The minimum Gasteiger partial charge on any atom is -0.467 e. The first kappa shape index (κ1) is 13.3. The number of rotatable bonds is 4. The van der Waals surface area contributed by atoms with Crippen LogP contribution in [0.3, 0.4) is 0 Å². The number of methoxy groups -OCH3 is 1. The quantitative estimate of drug-likeness (QED) is 0.691. The van der Waals surface area contributed by atoms with E-state index in [9.17, 15) is 9.59 Å². The third-order valence-electron chi connectivity index (χ3n) is 2.41. The molecule has 1 saturated heterocycles. The van der Waals surface area contributed by atoms with Gasteiger partial charge >= 0.3 is 5.97 Å². The van der Waals surface area contributed by atoms with E-state index in [0.717, 1.165) is 24.6 Å². The first-order chi connectivity index (χ1) is 7.63. The molecule has 0 radical (unpaired) electrons. The van der Waals surface area contributed by atoms with Crippen molar-refractivity contribution < 1.29 is 14.3 Å². The molecule has 92 valence electrons. The third-order valence-corrected chi connectivity index (χ3v) is 3.35. The Balaban J connectivity index is 2.47. The SMILES string of the molecule is COC(=O)C(CN1CCSCC1)NC(C)=O. The van der Waals surface area contributed by atoms with Crippen LogP contribution in [0, 0.1) is 0 Å². The molecule has 6 heteroatoms. The summed E-state index contributed by atoms with van der Waals surface area (Å²) < 4.78 is 4.67. The first-order valence-corrected chi connectivity index (χ1v) is 6.44. The molecular weight excluding hydrogens is 228 g/mol. The summed E-state index contributed by atoms with van der Waals surface area (Å²) in [4.78, 5) is 24.6. The molecule has 0 aromatic carbocycles. The van der Waals surface area contributed by atoms with Gasteiger partial charge in [-0.1, -0.05) is 0 Å². The van der Waals surface area contributed by atoms with Crippen molar-refractivity contribution in [1.29, 1.82) is 0 Å². The van der Waals surface area contributed by atoms with Crippen molar-refractivity contribution in [3.8, 4) is 0 Å². The minimum absolute atomic E-state index is 0.207. The van der Waals surface area contributed by atoms with Crippen LogP contribution in [0.15, 0.2) is 0 Å². The summed E-state index contributed by atoms with van der Waals surface area (Å²) in [5.41, 5.74) is 0. The van der Waals surface area contributed by atoms with E-state index in [1.165, 1.54) is 14.0 Å². The van der Waals surface area contributed by atoms with E-state index in [-0.39, 0.29) is 11.9 Å². The van der Waals surface area contributed by atoms with Crippen LogP contribution in [0.25, 0.3) is 0 Å². The number of ether oxygens (including phenoxy) is 1. The molecule has 1 aliphatic heterocycles. The fourth-order valence-electron chi connectivity index (χ4n) is 1.61. The molecule has 1 aliphatic rings. The number of hydrogen-bond donors (Lipinski definition) is 1. The van der Waals surface area contributed by atoms with Gasteiger partial charge in [0, 0.05) is 38.1 Å². The number of nitrogens with one attached hydrogen (secondary N) is 1. The Hall–Kier alpha value is -0.750. The molecule has 1 fully saturated rings. The predicted octanol–water partition coefficient (Wildman–Crippen LogP) is -0.287. The number of hydrogen-bond acceptors (Lipinski definition) is 5. The van der Waals surface area contributed by atoms with Crippen molar-refractivity contribution in [3.05, 3.63) is 0 Å². The van der Waals surface area contributed by atoms with Gasteiger partial charge in [-0.05, 0) is 0 Å². The van der Waals surface area contributed by atoms with Crippen LogP contribution in [0.2, 0.25) is 0 Å². The lowest BCUT2D eigenvalue weighted by atomic mass is 10.2. The lowest BCUT2D eigenvalue weighted by Crippen LogP contribution is -2.50. The number of nitrogens with zero attached hydrogens (tertiary/aromatic N) is 1. The molecule has 0 aromatic heterocycles. The van der Waals surface area contributed by atoms with E-state index in [2.05, 4.69) is 15.0 Å². The van der Waals surface area contributed by atoms with Crippen LogP contribution in [-0.4, -0.2) is 61.1 Å². The number of thioether (sulfide) groups is 1. The summed E-state index contributed by atoms with van der Waals surface area (Å²) in [5.74, 6) is 1.57. The maximum Gasteiger partial charge on any atom is 0.329 e. The average molecular weight is 246 g/mol. The lowest BCUT2D eigenvalue weighted by Gasteiger charge is -2.29. The van der Waals surface area contributed by atoms with Gasteiger partial charge in [0.2, 0.25) is 5.91 Å². The zero-order valence-electron chi connectivity index (χ0n) is 9.69. The van der Waals surface area contributed by atoms with Gasteiger partial charge < -0.3 is 10.1 Å². The minimum atomic E-state index is -0.550. The summed E-state index contributed by atoms with van der Waals surface area (Å²) in [7, 11) is 1.34. The highest BCUT2D eigenvalue weighted by Crippen LogP contribution is 2.09. The van der Waals surface area contributed by atoms with Gasteiger partial charge in [-0.15, -0.1) is 0 Å². The van der Waals surface area contributed by atoms with Gasteiger partial charge in [-0.25, -0.2) is 4.79 Å². The molecular formula is C10H18N2O3S. The summed E-state index contributed by atoms with van der Waals surface area (Å²) >= 11 is 1.91. The molecule has 1 rings (SSSR count). The van der Waals surface area contributed by atoms with E-state index in [0.29, 0.717) is 6.54 Å². The Morgan fingerprint density at radius 1 is 1.44 bits per heavy atom. The maximum atomic E-state index is 11.5. The fourth-order valence-corrected chi connectivity index (χ4v) is 2.59. The van der Waals surface area contributed by atoms with Crippen molar-refractivity contribution in [1.82, 2.24) is 10.2 Å². The van der Waals surface area contributed by atoms with Gasteiger partial charge in [0.25, 0.3) is 0 Å². The summed E-state index contributed by atoms with van der Waals surface area (Å²) in [6, 6.07) is -0.550. The topological polar surface area (TPSA) is 58.6 Å². The van der Waals surface area contributed by atoms with E-state index >= 15 is 0 Å². The molecule has 0 aromatic rings. The zero-order chi connectivity index (χ0) is 12.0. The van der Waals surface area contributed by atoms with Crippen molar-refractivity contribution in [3.63, 3.8) is 0 Å². The van der Waals surface area contributed by atoms with Crippen LogP contribution in [-0.2, 0) is 14.3 Å². The van der Waals surface area contributed by atoms with Crippen LogP contribution in [0.5, 0.6) is 0 Å². The smallest absolute Gasteiger partial charge is 0.329 e. The van der Waals surface area contributed by atoms with Gasteiger partial charge in [0.05, 0.1) is 7.11 Å². The Labute approximate surface area is 99.9 Å². The molecule has 1 N–H and O–H groups in total. The molecule has 5 nitrogen and oxygen atoms in total. The Morgan fingerprint density at radius 3 is 2.56 bits per heavy atom. The molecule has 0 aliphatic carbocycles. The monoisotopic (exact) mass is 246 g/mol. The zero-order valence-corrected chi connectivity index (χ0v) is 10.5. The standard InChI is InChI=1S/C10H18N2O3S/c1-8(13)11-9(10(14)15-2)7-12-3-5-16-6-4-12/h9H,3-7H2,1-2H3,(H,11,13). The van der Waals surface area contributed by atoms with Gasteiger partial charge in [0.15, 0.2) is 0 Å². The van der Waals surface area contributed by atoms with E-state index in [1.807, 2.05) is 11.8 Å². The molecule has 0 saturated carbocycles. The van der Waals surface area contributed by atoms with Crippen LogP contribution < -0.4 is 5.32 Å². The van der Waals surface area contributed by atoms with Crippen LogP contribution in [0.4, 0.5) is 0 Å². The van der Waals surface area contributed by atoms with Crippen LogP contribution in [0.1, 0.15) is 6.92 Å². The van der Waals surface area contributed by atoms with Gasteiger partial charge in [-0.3, -0.25) is 9.69 Å². The highest BCUT2D eigenvalue weighted by molar-refractivity contribution is 7.99. The second-order valence-electron chi connectivity index (χ2n) is 3.69. The van der Waals surface area contributed by atoms with Gasteiger partial charge in [-0.2, -0.15) is 11.8 Å². The Bertz CT molecular complexity index is 254. The number of amides is 1. The number of esters is 1. The normalized spacial score (nSPS) is 18.9. The van der Waals surface area contributed by atoms with E-state index < -0.39 is 6.04 Å². The molecule has 1 heterocycles. The Kier molecular flexibility index (Phi) is 5.62. The number of carbonyl (C=O) groups is 2. The van der Waals surface area contributed by atoms with E-state index in [1.54, 1.807) is 0 Å². The van der Waals surface area contributed by atoms with Gasteiger partial charge in [0.1, 0.15) is 6.04 Å². The molecule has 0 spiro atoms. The predicted molar refractivity (Wildman–Crippen MR) is 63.4 cm³/mol. The van der Waals surface area contributed by atoms with Crippen molar-refractivity contribution in [2.24, 2.45) is 0 Å². The largest absolute Gasteiger partial charge is 0.467 e. The lowest BCUT2D eigenvalue weighted by molar-refractivity contribution is -0.145.